The highest BCUT2D eigenvalue weighted by Gasteiger charge is 2.15. The van der Waals surface area contributed by atoms with Crippen molar-refractivity contribution in [3.05, 3.63) is 82.2 Å². The number of hydrazone groups is 1. The molecule has 0 fully saturated rings. The number of benzene rings is 2. The zero-order valence-electron chi connectivity index (χ0n) is 15.4. The number of hydrogen-bond acceptors (Lipinski definition) is 6. The molecule has 29 heavy (non-hydrogen) atoms. The van der Waals surface area contributed by atoms with E-state index in [0.29, 0.717) is 23.5 Å². The molecule has 0 aliphatic rings. The van der Waals surface area contributed by atoms with E-state index in [2.05, 4.69) is 26.5 Å². The fraction of sp³-hybridized carbons (Fsp3) is 0.0952. The molecule has 7 nitrogen and oxygen atoms in total. The predicted octanol–water partition coefficient (Wildman–Crippen LogP) is 4.42. The Morgan fingerprint density at radius 2 is 2.00 bits per heavy atom. The normalized spacial score (nSPS) is 10.7. The topological polar surface area (TPSA) is 90.1 Å². The largest absolute Gasteiger partial charge is 0.490 e. The molecule has 1 aromatic heterocycles. The maximum Gasteiger partial charge on any atom is 0.379 e. The van der Waals surface area contributed by atoms with Crippen molar-refractivity contribution in [3.63, 3.8) is 0 Å². The second-order valence-corrected chi connectivity index (χ2v) is 6.63. The molecule has 3 rings (SSSR count). The Labute approximate surface area is 175 Å². The monoisotopic (exact) mass is 456 g/mol. The van der Waals surface area contributed by atoms with Gasteiger partial charge in [-0.3, -0.25) is 4.79 Å². The van der Waals surface area contributed by atoms with Crippen molar-refractivity contribution in [1.29, 1.82) is 0 Å². The molecule has 0 spiro atoms. The van der Waals surface area contributed by atoms with E-state index in [0.717, 1.165) is 4.47 Å². The van der Waals surface area contributed by atoms with Crippen LogP contribution in [0, 0.1) is 0 Å². The summed E-state index contributed by atoms with van der Waals surface area (Å²) in [5, 5.41) is 3.96. The molecule has 8 heteroatoms. The third kappa shape index (κ3) is 5.55. The quantitative estimate of drug-likeness (QED) is 0.246. The zero-order chi connectivity index (χ0) is 20.6. The standard InChI is InChI=1S/C21H17BrN2O5/c1-2-27-19-11-14(8-9-17(19)29-21(26)18-7-4-10-28-18)13-23-24-20(25)15-5-3-6-16(22)12-15/h3-13H,2H2,1H3,(H,24,25)/b23-13-. The molecular formula is C21H17BrN2O5. The van der Waals surface area contributed by atoms with E-state index in [1.54, 1.807) is 42.5 Å². The molecule has 0 bridgehead atoms. The first-order valence-corrected chi connectivity index (χ1v) is 9.47. The molecule has 1 heterocycles. The first-order chi connectivity index (χ1) is 14.1. The highest BCUT2D eigenvalue weighted by Crippen LogP contribution is 2.29. The molecule has 0 aliphatic carbocycles. The van der Waals surface area contributed by atoms with Crippen LogP contribution < -0.4 is 14.9 Å². The van der Waals surface area contributed by atoms with Crippen LogP contribution in [0.4, 0.5) is 0 Å². The van der Waals surface area contributed by atoms with E-state index < -0.39 is 5.97 Å². The third-order valence-corrected chi connectivity index (χ3v) is 4.15. The minimum absolute atomic E-state index is 0.0911. The van der Waals surface area contributed by atoms with E-state index in [1.165, 1.54) is 18.5 Å². The van der Waals surface area contributed by atoms with Crippen molar-refractivity contribution < 1.29 is 23.5 Å². The average Bonchev–Trinajstić information content (AvgIpc) is 3.25. The number of nitrogens with zero attached hydrogens (tertiary/aromatic N) is 1. The van der Waals surface area contributed by atoms with Gasteiger partial charge in [0.2, 0.25) is 5.76 Å². The lowest BCUT2D eigenvalue weighted by Crippen LogP contribution is -2.17. The number of furan rings is 1. The Hall–Kier alpha value is -3.39. The fourth-order valence-corrected chi connectivity index (χ4v) is 2.76. The number of esters is 1. The van der Waals surface area contributed by atoms with Crippen LogP contribution in [0.3, 0.4) is 0 Å². The van der Waals surface area contributed by atoms with Gasteiger partial charge in [-0.2, -0.15) is 5.10 Å². The molecule has 0 aliphatic heterocycles. The van der Waals surface area contributed by atoms with Gasteiger partial charge in [-0.1, -0.05) is 22.0 Å². The number of rotatable bonds is 7. The molecule has 1 N–H and O–H groups in total. The molecule has 0 radical (unpaired) electrons. The van der Waals surface area contributed by atoms with Crippen molar-refractivity contribution >= 4 is 34.0 Å². The summed E-state index contributed by atoms with van der Waals surface area (Å²) in [6.07, 6.45) is 2.86. The first-order valence-electron chi connectivity index (χ1n) is 8.68. The van der Waals surface area contributed by atoms with E-state index in [1.807, 2.05) is 13.0 Å². The van der Waals surface area contributed by atoms with Crippen LogP contribution in [0.5, 0.6) is 11.5 Å². The van der Waals surface area contributed by atoms with E-state index in [-0.39, 0.29) is 17.4 Å². The van der Waals surface area contributed by atoms with Gasteiger partial charge in [0, 0.05) is 10.0 Å². The van der Waals surface area contributed by atoms with Crippen LogP contribution in [0.1, 0.15) is 33.4 Å². The zero-order valence-corrected chi connectivity index (χ0v) is 17.0. The van der Waals surface area contributed by atoms with E-state index >= 15 is 0 Å². The van der Waals surface area contributed by atoms with Crippen molar-refractivity contribution in [2.45, 2.75) is 6.92 Å². The maximum absolute atomic E-state index is 12.1. The van der Waals surface area contributed by atoms with Crippen LogP contribution in [0.25, 0.3) is 0 Å². The summed E-state index contributed by atoms with van der Waals surface area (Å²) in [7, 11) is 0. The van der Waals surface area contributed by atoms with Crippen molar-refractivity contribution in [2.24, 2.45) is 5.10 Å². The Kier molecular flexibility index (Phi) is 6.80. The van der Waals surface area contributed by atoms with Crippen LogP contribution in [0.15, 0.2) is 74.9 Å². The van der Waals surface area contributed by atoms with Gasteiger partial charge in [-0.25, -0.2) is 10.2 Å². The molecule has 0 saturated carbocycles. The molecule has 0 saturated heterocycles. The summed E-state index contributed by atoms with van der Waals surface area (Å²) in [5.74, 6) is -0.248. The molecular weight excluding hydrogens is 440 g/mol. The first kappa shape index (κ1) is 20.3. The van der Waals surface area contributed by atoms with Gasteiger partial charge in [0.15, 0.2) is 11.5 Å². The number of amides is 1. The van der Waals surface area contributed by atoms with Gasteiger partial charge in [-0.15, -0.1) is 0 Å². The third-order valence-electron chi connectivity index (χ3n) is 3.66. The molecule has 3 aromatic rings. The van der Waals surface area contributed by atoms with Gasteiger partial charge in [0.05, 0.1) is 19.1 Å². The Morgan fingerprint density at radius 1 is 1.14 bits per heavy atom. The van der Waals surface area contributed by atoms with Crippen LogP contribution >= 0.6 is 15.9 Å². The molecule has 1 amide bonds. The molecule has 148 valence electrons. The van der Waals surface area contributed by atoms with Crippen molar-refractivity contribution in [3.8, 4) is 11.5 Å². The van der Waals surface area contributed by atoms with Gasteiger partial charge in [-0.05, 0) is 61.0 Å². The van der Waals surface area contributed by atoms with Crippen LogP contribution in [0.2, 0.25) is 0 Å². The molecule has 0 atom stereocenters. The van der Waals surface area contributed by atoms with Gasteiger partial charge in [0.25, 0.3) is 5.91 Å². The lowest BCUT2D eigenvalue weighted by molar-refractivity contribution is 0.0695. The lowest BCUT2D eigenvalue weighted by Gasteiger charge is -2.10. The molecule has 0 unspecified atom stereocenters. The summed E-state index contributed by atoms with van der Waals surface area (Å²) in [6, 6.07) is 15.0. The van der Waals surface area contributed by atoms with E-state index in [9.17, 15) is 9.59 Å². The van der Waals surface area contributed by atoms with Gasteiger partial charge >= 0.3 is 5.97 Å². The smallest absolute Gasteiger partial charge is 0.379 e. The number of carbonyl (C=O) groups is 2. The second-order valence-electron chi connectivity index (χ2n) is 5.72. The number of halogens is 1. The number of carbonyl (C=O) groups excluding carboxylic acids is 2. The predicted molar refractivity (Wildman–Crippen MR) is 110 cm³/mol. The minimum atomic E-state index is -0.626. The summed E-state index contributed by atoms with van der Waals surface area (Å²) in [5.41, 5.74) is 3.59. The summed E-state index contributed by atoms with van der Waals surface area (Å²) in [6.45, 7) is 2.20. The number of nitrogens with one attached hydrogen (secondary N) is 1. The average molecular weight is 457 g/mol. The SMILES string of the molecule is CCOc1cc(/C=N\NC(=O)c2cccc(Br)c2)ccc1OC(=O)c1ccco1. The highest BCUT2D eigenvalue weighted by molar-refractivity contribution is 9.10. The molecule has 2 aromatic carbocycles. The van der Waals surface area contributed by atoms with Gasteiger partial charge < -0.3 is 13.9 Å². The maximum atomic E-state index is 12.1. The summed E-state index contributed by atoms with van der Waals surface area (Å²) in [4.78, 5) is 24.2. The summed E-state index contributed by atoms with van der Waals surface area (Å²) < 4.78 is 16.7. The number of hydrogen-bond donors (Lipinski definition) is 1. The Morgan fingerprint density at radius 3 is 2.72 bits per heavy atom. The van der Waals surface area contributed by atoms with Crippen molar-refractivity contribution in [1.82, 2.24) is 5.43 Å². The fourth-order valence-electron chi connectivity index (χ4n) is 2.36. The summed E-state index contributed by atoms with van der Waals surface area (Å²) >= 11 is 3.32. The van der Waals surface area contributed by atoms with Crippen LogP contribution in [-0.4, -0.2) is 24.7 Å². The van der Waals surface area contributed by atoms with Crippen molar-refractivity contribution in [2.75, 3.05) is 6.61 Å². The van der Waals surface area contributed by atoms with Crippen LogP contribution in [-0.2, 0) is 0 Å². The Balaban J connectivity index is 1.69. The highest BCUT2D eigenvalue weighted by atomic mass is 79.9. The van der Waals surface area contributed by atoms with E-state index in [4.69, 9.17) is 13.9 Å². The number of ether oxygens (including phenoxy) is 2. The minimum Gasteiger partial charge on any atom is -0.490 e. The van der Waals surface area contributed by atoms with Gasteiger partial charge in [0.1, 0.15) is 0 Å². The Bertz CT molecular complexity index is 1030. The lowest BCUT2D eigenvalue weighted by atomic mass is 10.2. The second kappa shape index (κ2) is 9.70.